The predicted molar refractivity (Wildman–Crippen MR) is 67.5 cm³/mol. The highest BCUT2D eigenvalue weighted by Crippen LogP contribution is 2.09. The number of nitrogens with one attached hydrogen (secondary N) is 2. The van der Waals surface area contributed by atoms with E-state index in [4.69, 9.17) is 9.84 Å². The summed E-state index contributed by atoms with van der Waals surface area (Å²) in [6, 6.07) is 8.87. The molecule has 1 amide bonds. The average Bonchev–Trinajstić information content (AvgIpc) is 2.86. The van der Waals surface area contributed by atoms with Gasteiger partial charge in [-0.1, -0.05) is 30.3 Å². The van der Waals surface area contributed by atoms with Gasteiger partial charge >= 0.3 is 12.1 Å². The number of carboxylic acid groups (broad SMARTS) is 1. The van der Waals surface area contributed by atoms with E-state index >= 15 is 0 Å². The summed E-state index contributed by atoms with van der Waals surface area (Å²) in [6.07, 6.45) is -0.594. The van der Waals surface area contributed by atoms with Crippen LogP contribution >= 0.6 is 0 Å². The Morgan fingerprint density at radius 2 is 2.05 bits per heavy atom. The highest BCUT2D eigenvalue weighted by Gasteiger charge is 2.34. The van der Waals surface area contributed by atoms with Crippen molar-refractivity contribution in [2.24, 2.45) is 5.92 Å². The molecule has 1 fully saturated rings. The van der Waals surface area contributed by atoms with Crippen molar-refractivity contribution in [3.8, 4) is 0 Å². The lowest BCUT2D eigenvalue weighted by molar-refractivity contribution is -0.141. The van der Waals surface area contributed by atoms with Gasteiger partial charge in [0.2, 0.25) is 0 Å². The minimum absolute atomic E-state index is 0.171. The Kier molecular flexibility index (Phi) is 4.35. The molecule has 19 heavy (non-hydrogen) atoms. The zero-order chi connectivity index (χ0) is 13.7. The van der Waals surface area contributed by atoms with Crippen molar-refractivity contribution in [1.29, 1.82) is 0 Å². The van der Waals surface area contributed by atoms with Gasteiger partial charge in [0.25, 0.3) is 0 Å². The lowest BCUT2D eigenvalue weighted by atomic mass is 10.0. The number of rotatable bonds is 4. The van der Waals surface area contributed by atoms with E-state index in [2.05, 4.69) is 10.6 Å². The van der Waals surface area contributed by atoms with E-state index in [1.807, 2.05) is 30.3 Å². The third kappa shape index (κ3) is 3.69. The number of alkyl carbamates (subject to hydrolysis) is 1. The summed E-state index contributed by atoms with van der Waals surface area (Å²) in [5, 5.41) is 14.5. The van der Waals surface area contributed by atoms with E-state index < -0.39 is 24.0 Å². The molecule has 2 atom stereocenters. The van der Waals surface area contributed by atoms with Crippen LogP contribution in [0.25, 0.3) is 0 Å². The molecule has 0 bridgehead atoms. The first-order valence-electron chi connectivity index (χ1n) is 6.07. The van der Waals surface area contributed by atoms with Gasteiger partial charge in [0.15, 0.2) is 0 Å². The van der Waals surface area contributed by atoms with Gasteiger partial charge in [0.1, 0.15) is 6.61 Å². The molecule has 1 aliphatic heterocycles. The smallest absolute Gasteiger partial charge is 0.407 e. The molecule has 6 heteroatoms. The van der Waals surface area contributed by atoms with Gasteiger partial charge in [0, 0.05) is 13.1 Å². The van der Waals surface area contributed by atoms with Crippen LogP contribution in [-0.4, -0.2) is 36.3 Å². The number of carbonyl (C=O) groups is 2. The monoisotopic (exact) mass is 264 g/mol. The maximum absolute atomic E-state index is 11.6. The number of amides is 1. The number of hydrogen-bond donors (Lipinski definition) is 3. The second-order valence-corrected chi connectivity index (χ2v) is 4.42. The van der Waals surface area contributed by atoms with Crippen LogP contribution in [-0.2, 0) is 16.1 Å². The van der Waals surface area contributed by atoms with E-state index in [1.54, 1.807) is 0 Å². The molecule has 0 radical (unpaired) electrons. The summed E-state index contributed by atoms with van der Waals surface area (Å²) in [7, 11) is 0. The molecule has 1 heterocycles. The lowest BCUT2D eigenvalue weighted by Gasteiger charge is -2.16. The maximum Gasteiger partial charge on any atom is 0.407 e. The van der Waals surface area contributed by atoms with Crippen molar-refractivity contribution in [2.75, 3.05) is 13.1 Å². The zero-order valence-electron chi connectivity index (χ0n) is 10.3. The Labute approximate surface area is 110 Å². The maximum atomic E-state index is 11.6. The molecular weight excluding hydrogens is 248 g/mol. The SMILES string of the molecule is O=C(NC1CNCC1C(=O)O)OCc1ccccc1. The van der Waals surface area contributed by atoms with Crippen LogP contribution < -0.4 is 10.6 Å². The number of aliphatic carboxylic acids is 1. The second kappa shape index (κ2) is 6.19. The van der Waals surface area contributed by atoms with Crippen LogP contribution in [0.1, 0.15) is 5.56 Å². The Balaban J connectivity index is 1.80. The fraction of sp³-hybridized carbons (Fsp3) is 0.385. The van der Waals surface area contributed by atoms with Crippen molar-refractivity contribution in [2.45, 2.75) is 12.6 Å². The summed E-state index contributed by atoms with van der Waals surface area (Å²) in [5.74, 6) is -1.53. The van der Waals surface area contributed by atoms with E-state index in [9.17, 15) is 9.59 Å². The Morgan fingerprint density at radius 1 is 1.32 bits per heavy atom. The van der Waals surface area contributed by atoms with Gasteiger partial charge in [-0.05, 0) is 5.56 Å². The Morgan fingerprint density at radius 3 is 2.74 bits per heavy atom. The Hall–Kier alpha value is -2.08. The standard InChI is InChI=1S/C13H16N2O4/c16-12(17)10-6-14-7-11(10)15-13(18)19-8-9-4-2-1-3-5-9/h1-5,10-11,14H,6-8H2,(H,15,18)(H,16,17). The first kappa shape index (κ1) is 13.4. The average molecular weight is 264 g/mol. The molecule has 0 aliphatic carbocycles. The first-order valence-corrected chi connectivity index (χ1v) is 6.07. The fourth-order valence-corrected chi connectivity index (χ4v) is 2.01. The van der Waals surface area contributed by atoms with Crippen LogP contribution in [0.2, 0.25) is 0 Å². The van der Waals surface area contributed by atoms with E-state index in [-0.39, 0.29) is 6.61 Å². The first-order chi connectivity index (χ1) is 9.16. The lowest BCUT2D eigenvalue weighted by Crippen LogP contribution is -2.43. The highest BCUT2D eigenvalue weighted by molar-refractivity contribution is 5.74. The zero-order valence-corrected chi connectivity index (χ0v) is 10.3. The van der Waals surface area contributed by atoms with Crippen molar-refractivity contribution in [3.63, 3.8) is 0 Å². The molecule has 0 saturated carbocycles. The van der Waals surface area contributed by atoms with Gasteiger partial charge in [-0.25, -0.2) is 4.79 Å². The van der Waals surface area contributed by atoms with Crippen molar-refractivity contribution in [1.82, 2.24) is 10.6 Å². The number of benzene rings is 1. The minimum atomic E-state index is -0.918. The largest absolute Gasteiger partial charge is 0.481 e. The van der Waals surface area contributed by atoms with Crippen molar-refractivity contribution >= 4 is 12.1 Å². The number of carbonyl (C=O) groups excluding carboxylic acids is 1. The quantitative estimate of drug-likeness (QED) is 0.740. The second-order valence-electron chi connectivity index (χ2n) is 4.42. The Bertz CT molecular complexity index is 449. The molecule has 2 rings (SSSR count). The number of ether oxygens (including phenoxy) is 1. The summed E-state index contributed by atoms with van der Waals surface area (Å²) in [5.41, 5.74) is 0.886. The molecule has 6 nitrogen and oxygen atoms in total. The van der Waals surface area contributed by atoms with Crippen molar-refractivity contribution in [3.05, 3.63) is 35.9 Å². The fourth-order valence-electron chi connectivity index (χ4n) is 2.01. The third-order valence-corrected chi connectivity index (χ3v) is 3.05. The van der Waals surface area contributed by atoms with Gasteiger partial charge in [-0.15, -0.1) is 0 Å². The predicted octanol–water partition coefficient (Wildman–Crippen LogP) is 0.585. The van der Waals surface area contributed by atoms with E-state index in [0.29, 0.717) is 13.1 Å². The molecule has 1 saturated heterocycles. The summed E-state index contributed by atoms with van der Waals surface area (Å²) in [4.78, 5) is 22.5. The highest BCUT2D eigenvalue weighted by atomic mass is 16.5. The van der Waals surface area contributed by atoms with Gasteiger partial charge in [0.05, 0.1) is 12.0 Å². The van der Waals surface area contributed by atoms with E-state index in [1.165, 1.54) is 0 Å². The topological polar surface area (TPSA) is 87.7 Å². The van der Waals surface area contributed by atoms with Crippen LogP contribution in [0.4, 0.5) is 4.79 Å². The van der Waals surface area contributed by atoms with Crippen molar-refractivity contribution < 1.29 is 19.4 Å². The van der Waals surface area contributed by atoms with Gasteiger partial charge in [-0.3, -0.25) is 4.79 Å². The molecular formula is C13H16N2O4. The van der Waals surface area contributed by atoms with Crippen LogP contribution in [0.15, 0.2) is 30.3 Å². The third-order valence-electron chi connectivity index (χ3n) is 3.05. The molecule has 1 aromatic carbocycles. The van der Waals surface area contributed by atoms with Crippen LogP contribution in [0, 0.1) is 5.92 Å². The van der Waals surface area contributed by atoms with Crippen LogP contribution in [0.3, 0.4) is 0 Å². The normalized spacial score (nSPS) is 21.9. The molecule has 102 valence electrons. The number of hydrogen-bond acceptors (Lipinski definition) is 4. The summed E-state index contributed by atoms with van der Waals surface area (Å²) >= 11 is 0. The summed E-state index contributed by atoms with van der Waals surface area (Å²) < 4.78 is 5.05. The molecule has 1 aromatic rings. The van der Waals surface area contributed by atoms with Gasteiger partial charge < -0.3 is 20.5 Å². The van der Waals surface area contributed by atoms with E-state index in [0.717, 1.165) is 5.56 Å². The van der Waals surface area contributed by atoms with Gasteiger partial charge in [-0.2, -0.15) is 0 Å². The molecule has 0 aromatic heterocycles. The minimum Gasteiger partial charge on any atom is -0.481 e. The number of carboxylic acids is 1. The molecule has 3 N–H and O–H groups in total. The molecule has 1 aliphatic rings. The summed E-state index contributed by atoms with van der Waals surface area (Å²) in [6.45, 7) is 0.973. The molecule has 0 spiro atoms. The van der Waals surface area contributed by atoms with Crippen LogP contribution in [0.5, 0.6) is 0 Å². The molecule has 2 unspecified atom stereocenters.